The minimum Gasteiger partial charge on any atom is -0.480 e. The number of amides is 2. The molecule has 1 aromatic carbocycles. The summed E-state index contributed by atoms with van der Waals surface area (Å²) >= 11 is 5.88. The monoisotopic (exact) mass is 474 g/mol. The lowest BCUT2D eigenvalue weighted by Crippen LogP contribution is -2.61. The van der Waals surface area contributed by atoms with Crippen molar-refractivity contribution in [1.29, 1.82) is 0 Å². The molecule has 32 heavy (non-hydrogen) atoms. The fourth-order valence-corrected chi connectivity index (χ4v) is 5.07. The Bertz CT molecular complexity index is 952. The molecule has 0 spiro atoms. The molecule has 2 aromatic rings. The first-order valence-electron chi connectivity index (χ1n) is 10.9. The largest absolute Gasteiger partial charge is 0.480 e. The highest BCUT2D eigenvalue weighted by Crippen LogP contribution is 2.32. The third-order valence-corrected chi connectivity index (χ3v) is 7.87. The van der Waals surface area contributed by atoms with E-state index in [1.54, 1.807) is 0 Å². The number of carbonyl (C=O) groups excluding carboxylic acids is 2. The summed E-state index contributed by atoms with van der Waals surface area (Å²) in [7, 11) is 0. The van der Waals surface area contributed by atoms with Gasteiger partial charge in [0.15, 0.2) is 0 Å². The van der Waals surface area contributed by atoms with Crippen LogP contribution in [0.25, 0.3) is 10.4 Å². The number of thiophene rings is 1. The summed E-state index contributed by atoms with van der Waals surface area (Å²) < 4.78 is 0. The van der Waals surface area contributed by atoms with Crippen LogP contribution in [0.4, 0.5) is 0 Å². The molecule has 1 aromatic heterocycles. The standard InChI is InChI=1S/C24H30N2O4S2/c1-15(2)20(31)21(27)26-24(12-6-7-13-24)23(30)25-18(22(28)29)14-17-10-11-19(32-17)16-8-4-3-5-9-16/h3-5,8-11,15,18,20,31H,6-7,12-14H2,1-2H3,(H,25,30)(H,26,27)(H,28,29)/t18?,20-/m0/s1. The van der Waals surface area contributed by atoms with Gasteiger partial charge in [-0.15, -0.1) is 11.3 Å². The maximum absolute atomic E-state index is 13.2. The lowest BCUT2D eigenvalue weighted by Gasteiger charge is -2.32. The van der Waals surface area contributed by atoms with Crippen molar-refractivity contribution in [2.75, 3.05) is 0 Å². The van der Waals surface area contributed by atoms with Gasteiger partial charge in [-0.2, -0.15) is 12.6 Å². The van der Waals surface area contributed by atoms with Gasteiger partial charge in [0.25, 0.3) is 0 Å². The molecular weight excluding hydrogens is 444 g/mol. The van der Waals surface area contributed by atoms with E-state index in [0.29, 0.717) is 12.8 Å². The van der Waals surface area contributed by atoms with Crippen molar-refractivity contribution in [3.63, 3.8) is 0 Å². The number of carbonyl (C=O) groups is 3. The van der Waals surface area contributed by atoms with Crippen LogP contribution in [-0.4, -0.2) is 39.7 Å². The predicted molar refractivity (Wildman–Crippen MR) is 130 cm³/mol. The van der Waals surface area contributed by atoms with Crippen LogP contribution in [0.15, 0.2) is 42.5 Å². The van der Waals surface area contributed by atoms with Gasteiger partial charge < -0.3 is 15.7 Å². The highest BCUT2D eigenvalue weighted by Gasteiger charge is 2.44. The Labute approximate surface area is 198 Å². The van der Waals surface area contributed by atoms with E-state index in [0.717, 1.165) is 28.2 Å². The maximum Gasteiger partial charge on any atom is 0.326 e. The molecule has 1 aliphatic rings. The average Bonchev–Trinajstić information content (AvgIpc) is 3.43. The van der Waals surface area contributed by atoms with Gasteiger partial charge in [0.05, 0.1) is 5.25 Å². The number of rotatable bonds is 9. The van der Waals surface area contributed by atoms with Crippen LogP contribution in [0.5, 0.6) is 0 Å². The molecule has 1 unspecified atom stereocenters. The van der Waals surface area contributed by atoms with Gasteiger partial charge in [-0.05, 0) is 36.5 Å². The van der Waals surface area contributed by atoms with Gasteiger partial charge in [0.1, 0.15) is 11.6 Å². The Hall–Kier alpha value is -2.32. The van der Waals surface area contributed by atoms with E-state index in [2.05, 4.69) is 23.3 Å². The molecule has 0 aliphatic heterocycles. The summed E-state index contributed by atoms with van der Waals surface area (Å²) in [5, 5.41) is 14.8. The van der Waals surface area contributed by atoms with Crippen molar-refractivity contribution >= 4 is 41.7 Å². The highest BCUT2D eigenvalue weighted by molar-refractivity contribution is 7.81. The molecule has 6 nitrogen and oxygen atoms in total. The molecule has 8 heteroatoms. The van der Waals surface area contributed by atoms with E-state index in [9.17, 15) is 19.5 Å². The molecule has 0 saturated heterocycles. The molecule has 3 N–H and O–H groups in total. The second-order valence-electron chi connectivity index (χ2n) is 8.67. The van der Waals surface area contributed by atoms with Gasteiger partial charge >= 0.3 is 5.97 Å². The van der Waals surface area contributed by atoms with Crippen molar-refractivity contribution in [3.05, 3.63) is 47.3 Å². The number of hydrogen-bond donors (Lipinski definition) is 4. The third kappa shape index (κ3) is 5.72. The molecule has 1 aliphatic carbocycles. The number of hydrogen-bond acceptors (Lipinski definition) is 5. The van der Waals surface area contributed by atoms with Crippen LogP contribution in [0.2, 0.25) is 0 Å². The first kappa shape index (κ1) is 24.3. The van der Waals surface area contributed by atoms with Crippen molar-refractivity contribution < 1.29 is 19.5 Å². The van der Waals surface area contributed by atoms with E-state index in [4.69, 9.17) is 0 Å². The Morgan fingerprint density at radius 3 is 2.34 bits per heavy atom. The van der Waals surface area contributed by atoms with Gasteiger partial charge in [-0.1, -0.05) is 57.0 Å². The zero-order chi connectivity index (χ0) is 23.3. The second-order valence-corrected chi connectivity index (χ2v) is 10.4. The quantitative estimate of drug-likeness (QED) is 0.415. The normalized spacial score (nSPS) is 17.0. The van der Waals surface area contributed by atoms with Crippen LogP contribution in [-0.2, 0) is 20.8 Å². The van der Waals surface area contributed by atoms with E-state index in [1.165, 1.54) is 11.3 Å². The number of carboxylic acids is 1. The lowest BCUT2D eigenvalue weighted by atomic mass is 9.94. The van der Waals surface area contributed by atoms with Crippen LogP contribution in [0.1, 0.15) is 44.4 Å². The minimum absolute atomic E-state index is 0.0178. The molecule has 3 rings (SSSR count). The zero-order valence-electron chi connectivity index (χ0n) is 18.3. The maximum atomic E-state index is 13.2. The molecule has 1 heterocycles. The van der Waals surface area contributed by atoms with E-state index < -0.39 is 28.7 Å². The Balaban J connectivity index is 1.72. The second kappa shape index (κ2) is 10.5. The number of aliphatic carboxylic acids is 1. The number of carboxylic acid groups (broad SMARTS) is 1. The fourth-order valence-electron chi connectivity index (χ4n) is 3.94. The van der Waals surface area contributed by atoms with Gasteiger partial charge in [-0.3, -0.25) is 9.59 Å². The van der Waals surface area contributed by atoms with Crippen molar-refractivity contribution in [2.24, 2.45) is 5.92 Å². The molecule has 0 bridgehead atoms. The Morgan fingerprint density at radius 2 is 1.75 bits per heavy atom. The summed E-state index contributed by atoms with van der Waals surface area (Å²) in [6, 6.07) is 12.7. The van der Waals surface area contributed by atoms with Gasteiger partial charge in [0, 0.05) is 16.2 Å². The fraction of sp³-hybridized carbons (Fsp3) is 0.458. The molecule has 1 fully saturated rings. The predicted octanol–water partition coefficient (Wildman–Crippen LogP) is 3.91. The van der Waals surface area contributed by atoms with Crippen molar-refractivity contribution in [3.8, 4) is 10.4 Å². The number of benzene rings is 1. The molecule has 2 amide bonds. The van der Waals surface area contributed by atoms with Crippen LogP contribution < -0.4 is 10.6 Å². The first-order valence-corrected chi connectivity index (χ1v) is 12.2. The van der Waals surface area contributed by atoms with Crippen LogP contribution in [0, 0.1) is 5.92 Å². The van der Waals surface area contributed by atoms with Gasteiger partial charge in [-0.25, -0.2) is 4.79 Å². The topological polar surface area (TPSA) is 95.5 Å². The molecule has 0 radical (unpaired) electrons. The average molecular weight is 475 g/mol. The Morgan fingerprint density at radius 1 is 1.09 bits per heavy atom. The summed E-state index contributed by atoms with van der Waals surface area (Å²) in [5.74, 6) is -1.80. The van der Waals surface area contributed by atoms with Crippen LogP contribution >= 0.6 is 24.0 Å². The van der Waals surface area contributed by atoms with E-state index in [-0.39, 0.29) is 18.2 Å². The molecular formula is C24H30N2O4S2. The lowest BCUT2D eigenvalue weighted by molar-refractivity contribution is -0.143. The van der Waals surface area contributed by atoms with Crippen molar-refractivity contribution in [1.82, 2.24) is 10.6 Å². The molecule has 2 atom stereocenters. The summed E-state index contributed by atoms with van der Waals surface area (Å²) in [4.78, 5) is 39.7. The zero-order valence-corrected chi connectivity index (χ0v) is 20.0. The third-order valence-electron chi connectivity index (χ3n) is 5.88. The number of thiol groups is 1. The SMILES string of the molecule is CC(C)[C@H](S)C(=O)NC1(C(=O)NC(Cc2ccc(-c3ccccc3)s2)C(=O)O)CCCC1. The van der Waals surface area contributed by atoms with E-state index >= 15 is 0 Å². The summed E-state index contributed by atoms with van der Waals surface area (Å²) in [5.41, 5.74) is -0.00979. The van der Waals surface area contributed by atoms with Crippen LogP contribution in [0.3, 0.4) is 0 Å². The van der Waals surface area contributed by atoms with Gasteiger partial charge in [0.2, 0.25) is 11.8 Å². The smallest absolute Gasteiger partial charge is 0.326 e. The first-order chi connectivity index (χ1) is 15.2. The summed E-state index contributed by atoms with van der Waals surface area (Å²) in [6.45, 7) is 3.79. The molecule has 172 valence electrons. The minimum atomic E-state index is -1.10. The molecule has 1 saturated carbocycles. The van der Waals surface area contributed by atoms with E-state index in [1.807, 2.05) is 56.3 Å². The Kier molecular flexibility index (Phi) is 8.00. The summed E-state index contributed by atoms with van der Waals surface area (Å²) in [6.07, 6.45) is 2.77. The van der Waals surface area contributed by atoms with Crippen molar-refractivity contribution in [2.45, 2.75) is 62.8 Å². The number of nitrogens with one attached hydrogen (secondary N) is 2. The highest BCUT2D eigenvalue weighted by atomic mass is 32.1.